The molecule has 7 nitrogen and oxygen atoms in total. The van der Waals surface area contributed by atoms with Gasteiger partial charge in [-0.2, -0.15) is 0 Å². The number of aromatic nitrogens is 1. The molecule has 4 rings (SSSR count). The first-order valence-electron chi connectivity index (χ1n) is 9.71. The Labute approximate surface area is 199 Å². The number of carboxylic acids is 1. The molecule has 0 aliphatic heterocycles. The lowest BCUT2D eigenvalue weighted by molar-refractivity contribution is -0.138. The molecule has 1 aromatic heterocycles. The second-order valence-corrected chi connectivity index (χ2v) is 10.1. The van der Waals surface area contributed by atoms with Crippen molar-refractivity contribution in [3.8, 4) is 16.9 Å². The summed E-state index contributed by atoms with van der Waals surface area (Å²) in [5.74, 6) is -1.58. The van der Waals surface area contributed by atoms with E-state index in [9.17, 15) is 23.4 Å². The van der Waals surface area contributed by atoms with Crippen LogP contribution < -0.4 is 5.73 Å². The van der Waals surface area contributed by atoms with Crippen LogP contribution in [0, 0.1) is 0 Å². The number of halogens is 2. The van der Waals surface area contributed by atoms with Crippen molar-refractivity contribution in [1.29, 1.82) is 0 Å². The third-order valence-corrected chi connectivity index (χ3v) is 7.77. The minimum absolute atomic E-state index is 0.0496. The summed E-state index contributed by atoms with van der Waals surface area (Å²) in [7, 11) is -3.82. The Bertz CT molecular complexity index is 1480. The van der Waals surface area contributed by atoms with E-state index in [0.29, 0.717) is 27.6 Å². The van der Waals surface area contributed by atoms with E-state index in [1.807, 2.05) is 0 Å². The molecule has 0 spiro atoms. The van der Waals surface area contributed by atoms with Gasteiger partial charge in [-0.3, -0.25) is 4.79 Å². The minimum atomic E-state index is -3.82. The highest BCUT2D eigenvalue weighted by molar-refractivity contribution is 7.91. The largest absolute Gasteiger partial charge is 0.505 e. The van der Waals surface area contributed by atoms with E-state index in [4.69, 9.17) is 28.9 Å². The smallest absolute Gasteiger partial charge is 0.320 e. The second kappa shape index (κ2) is 8.72. The predicted molar refractivity (Wildman–Crippen MR) is 127 cm³/mol. The molecule has 0 saturated carbocycles. The van der Waals surface area contributed by atoms with Crippen LogP contribution in [0.1, 0.15) is 5.56 Å². The Kier molecular flexibility index (Phi) is 6.11. The lowest BCUT2D eigenvalue weighted by Gasteiger charge is -2.16. The molecule has 0 aliphatic carbocycles. The molecular weight excluding hydrogens is 487 g/mol. The molecule has 4 aromatic rings. The number of carboxylic acid groups (broad SMARTS) is 1. The summed E-state index contributed by atoms with van der Waals surface area (Å²) in [5.41, 5.74) is 7.49. The number of nitrogens with two attached hydrogens (primary N) is 1. The number of phenols is 1. The van der Waals surface area contributed by atoms with Crippen molar-refractivity contribution in [3.63, 3.8) is 0 Å². The SMILES string of the molecule is N[C@@H](Cc1cc(Cl)c(O)c(Cl)c1-c1ccc2[nH]cc(S(=O)(=O)c3ccccc3)c2c1)C(=O)O. The molecule has 0 fully saturated rings. The van der Waals surface area contributed by atoms with E-state index < -0.39 is 21.8 Å². The van der Waals surface area contributed by atoms with E-state index >= 15 is 0 Å². The van der Waals surface area contributed by atoms with Crippen LogP contribution >= 0.6 is 23.2 Å². The van der Waals surface area contributed by atoms with Gasteiger partial charge in [0, 0.05) is 22.7 Å². The van der Waals surface area contributed by atoms with Gasteiger partial charge >= 0.3 is 5.97 Å². The topological polar surface area (TPSA) is 133 Å². The van der Waals surface area contributed by atoms with Gasteiger partial charge in [-0.1, -0.05) is 47.5 Å². The first-order valence-corrected chi connectivity index (χ1v) is 11.9. The maximum absolute atomic E-state index is 13.2. The average molecular weight is 505 g/mol. The van der Waals surface area contributed by atoms with Gasteiger partial charge in [0.2, 0.25) is 9.84 Å². The third-order valence-electron chi connectivity index (χ3n) is 5.31. The molecule has 5 N–H and O–H groups in total. The summed E-state index contributed by atoms with van der Waals surface area (Å²) in [4.78, 5) is 14.5. The van der Waals surface area contributed by atoms with E-state index in [-0.39, 0.29) is 32.0 Å². The van der Waals surface area contributed by atoms with Gasteiger partial charge in [-0.05, 0) is 47.9 Å². The fraction of sp³-hybridized carbons (Fsp3) is 0.0870. The molecule has 33 heavy (non-hydrogen) atoms. The summed E-state index contributed by atoms with van der Waals surface area (Å²) >= 11 is 12.5. The molecule has 0 bridgehead atoms. The molecule has 0 radical (unpaired) electrons. The maximum Gasteiger partial charge on any atom is 0.320 e. The molecular formula is C23H18Cl2N2O5S. The van der Waals surface area contributed by atoms with Crippen molar-refractivity contribution in [1.82, 2.24) is 4.98 Å². The molecule has 0 saturated heterocycles. The van der Waals surface area contributed by atoms with Crippen molar-refractivity contribution in [2.75, 3.05) is 0 Å². The maximum atomic E-state index is 13.2. The highest BCUT2D eigenvalue weighted by Crippen LogP contribution is 2.43. The third kappa shape index (κ3) is 4.18. The number of fused-ring (bicyclic) bond motifs is 1. The number of benzene rings is 3. The van der Waals surface area contributed by atoms with E-state index in [0.717, 1.165) is 0 Å². The van der Waals surface area contributed by atoms with Crippen molar-refractivity contribution in [3.05, 3.63) is 76.4 Å². The predicted octanol–water partition coefficient (Wildman–Crippen LogP) is 4.63. The van der Waals surface area contributed by atoms with E-state index in [2.05, 4.69) is 4.98 Å². The number of aromatic amines is 1. The average Bonchev–Trinajstić information content (AvgIpc) is 3.22. The Morgan fingerprint density at radius 1 is 1.09 bits per heavy atom. The van der Waals surface area contributed by atoms with Crippen LogP contribution in [0.5, 0.6) is 5.75 Å². The Balaban J connectivity index is 1.93. The van der Waals surface area contributed by atoms with Crippen molar-refractivity contribution >= 4 is 49.9 Å². The number of nitrogens with one attached hydrogen (secondary N) is 1. The van der Waals surface area contributed by atoms with Crippen LogP contribution in [-0.4, -0.2) is 35.6 Å². The number of phenolic OH excluding ortho intramolecular Hbond substituents is 1. The van der Waals surface area contributed by atoms with Gasteiger partial charge in [0.15, 0.2) is 5.75 Å². The van der Waals surface area contributed by atoms with Gasteiger partial charge in [-0.15, -0.1) is 0 Å². The minimum Gasteiger partial charge on any atom is -0.505 e. The number of hydrogen-bond donors (Lipinski definition) is 4. The van der Waals surface area contributed by atoms with Gasteiger partial charge < -0.3 is 20.9 Å². The van der Waals surface area contributed by atoms with Gasteiger partial charge in [-0.25, -0.2) is 8.42 Å². The monoisotopic (exact) mass is 504 g/mol. The number of H-pyrrole nitrogens is 1. The number of carbonyl (C=O) groups is 1. The van der Waals surface area contributed by atoms with Gasteiger partial charge in [0.05, 0.1) is 19.8 Å². The number of rotatable bonds is 6. The Hall–Kier alpha value is -3.04. The van der Waals surface area contributed by atoms with Crippen LogP contribution in [0.2, 0.25) is 10.0 Å². The molecule has 10 heteroatoms. The van der Waals surface area contributed by atoms with Crippen LogP contribution in [0.4, 0.5) is 0 Å². The molecule has 3 aromatic carbocycles. The molecule has 1 atom stereocenters. The highest BCUT2D eigenvalue weighted by atomic mass is 35.5. The fourth-order valence-corrected chi connectivity index (χ4v) is 5.70. The molecule has 0 unspecified atom stereocenters. The lowest BCUT2D eigenvalue weighted by Crippen LogP contribution is -2.32. The Morgan fingerprint density at radius 3 is 2.45 bits per heavy atom. The second-order valence-electron chi connectivity index (χ2n) is 7.43. The van der Waals surface area contributed by atoms with Crippen LogP contribution in [-0.2, 0) is 21.1 Å². The van der Waals surface area contributed by atoms with Crippen LogP contribution in [0.25, 0.3) is 22.0 Å². The summed E-state index contributed by atoms with van der Waals surface area (Å²) in [5, 5.41) is 19.8. The zero-order valence-corrected chi connectivity index (χ0v) is 19.2. The summed E-state index contributed by atoms with van der Waals surface area (Å²) in [6.07, 6.45) is 1.31. The number of aliphatic carboxylic acids is 1. The fourth-order valence-electron chi connectivity index (χ4n) is 3.65. The zero-order valence-electron chi connectivity index (χ0n) is 16.9. The van der Waals surface area contributed by atoms with Gasteiger partial charge in [0.25, 0.3) is 0 Å². The number of aromatic hydroxyl groups is 1. The molecule has 0 aliphatic rings. The summed E-state index contributed by atoms with van der Waals surface area (Å²) in [6, 6.07) is 13.2. The van der Waals surface area contributed by atoms with Crippen molar-refractivity contribution < 1.29 is 23.4 Å². The van der Waals surface area contributed by atoms with E-state index in [1.54, 1.807) is 36.4 Å². The Morgan fingerprint density at radius 2 is 1.79 bits per heavy atom. The van der Waals surface area contributed by atoms with E-state index in [1.165, 1.54) is 24.4 Å². The first kappa shape index (κ1) is 23.1. The number of hydrogen-bond acceptors (Lipinski definition) is 5. The molecule has 170 valence electrons. The summed E-state index contributed by atoms with van der Waals surface area (Å²) in [6.45, 7) is 0. The normalized spacial score (nSPS) is 12.7. The highest BCUT2D eigenvalue weighted by Gasteiger charge is 2.24. The molecule has 0 amide bonds. The first-order chi connectivity index (χ1) is 15.6. The van der Waals surface area contributed by atoms with Crippen molar-refractivity contribution in [2.24, 2.45) is 5.73 Å². The van der Waals surface area contributed by atoms with Crippen molar-refractivity contribution in [2.45, 2.75) is 22.3 Å². The zero-order chi connectivity index (χ0) is 23.9. The lowest BCUT2D eigenvalue weighted by atomic mass is 9.94. The van der Waals surface area contributed by atoms with Crippen LogP contribution in [0.15, 0.2) is 70.6 Å². The van der Waals surface area contributed by atoms with Gasteiger partial charge in [0.1, 0.15) is 6.04 Å². The van der Waals surface area contributed by atoms with Crippen LogP contribution in [0.3, 0.4) is 0 Å². The summed E-state index contributed by atoms with van der Waals surface area (Å²) < 4.78 is 26.4. The number of sulfone groups is 1. The standard InChI is InChI=1S/C23H18Cl2N2O5S/c24-16-9-13(10-17(26)23(29)30)20(21(25)22(16)28)12-6-7-18-15(8-12)19(11-27-18)33(31,32)14-4-2-1-3-5-14/h1-9,11,17,27-28H,10,26H2,(H,29,30)/t17-/m0/s1. The molecule has 1 heterocycles. The quantitative estimate of drug-likeness (QED) is 0.302.